The van der Waals surface area contributed by atoms with E-state index in [2.05, 4.69) is 0 Å². The van der Waals surface area contributed by atoms with Gasteiger partial charge in [0.25, 0.3) is 0 Å². The molecule has 298 valence electrons. The van der Waals surface area contributed by atoms with Gasteiger partial charge in [-0.25, -0.2) is 4.79 Å². The summed E-state index contributed by atoms with van der Waals surface area (Å²) in [5.41, 5.74) is -0.631. The summed E-state index contributed by atoms with van der Waals surface area (Å²) in [5, 5.41) is 74.7. The molecular formula is C36H40O19. The lowest BCUT2D eigenvalue weighted by Crippen LogP contribution is -2.59. The standard InChI is InChI=1S/C36H40O19/c1-45-21-6-15-16(7-22(21)46-2)30(17-8-47-32(43)25(17)24(15)14-3-4-20-23(5-14)53-13-52-20)54-35-31(55-34-29(42)27(40)19(38)10-49-34)36(44,12-51-35)11-50-33-28(41)26(39)18(37)9-48-33/h3-7,18-19,26-29,31,33-35,37-42,44H,8-13H2,1-2H3/t18-,19-,26+,27+,28-,29-,31-,33-,34-,35-,36+/m0/s1. The summed E-state index contributed by atoms with van der Waals surface area (Å²) in [6, 6.07) is 8.52. The summed E-state index contributed by atoms with van der Waals surface area (Å²) in [7, 11) is 2.90. The first kappa shape index (κ1) is 37.8. The van der Waals surface area contributed by atoms with Crippen LogP contribution in [-0.2, 0) is 35.0 Å². The zero-order valence-corrected chi connectivity index (χ0v) is 29.4. The number of esters is 1. The normalized spacial score (nSPS) is 34.1. The monoisotopic (exact) mass is 776 g/mol. The number of hydrogen-bond acceptors (Lipinski definition) is 19. The van der Waals surface area contributed by atoms with Crippen LogP contribution in [0.2, 0.25) is 0 Å². The third-order valence-corrected chi connectivity index (χ3v) is 10.3. The highest BCUT2D eigenvalue weighted by Crippen LogP contribution is 2.50. The number of cyclic esters (lactones) is 1. The fourth-order valence-corrected chi connectivity index (χ4v) is 7.27. The third kappa shape index (κ3) is 6.58. The SMILES string of the molecule is COc1cc2c(O[C@@H]3OC[C@](O)(CO[C@@H]4OC[C@H](O)[C@@H](O)[C@@H]4O)[C@H]3O[C@@H]3OC[C@H](O)[C@@H](O)[C@@H]3O)c3c(c(-c4ccc5c(c4)OCO5)c2cc1OC)C(=O)OC3. The number of hydrogen-bond donors (Lipinski definition) is 7. The van der Waals surface area contributed by atoms with Gasteiger partial charge in [-0.3, -0.25) is 0 Å². The van der Waals surface area contributed by atoms with Crippen LogP contribution >= 0.6 is 0 Å². The maximum absolute atomic E-state index is 13.6. The van der Waals surface area contributed by atoms with Gasteiger partial charge < -0.3 is 87.9 Å². The molecule has 11 atom stereocenters. The van der Waals surface area contributed by atoms with Crippen LogP contribution in [0.25, 0.3) is 21.9 Å². The van der Waals surface area contributed by atoms with E-state index in [-0.39, 0.29) is 31.3 Å². The minimum Gasteiger partial charge on any atom is -0.493 e. The molecule has 19 heteroatoms. The molecule has 3 fully saturated rings. The molecule has 8 rings (SSSR count). The van der Waals surface area contributed by atoms with Gasteiger partial charge >= 0.3 is 5.97 Å². The Labute approximate surface area is 311 Å². The zero-order valence-electron chi connectivity index (χ0n) is 29.4. The van der Waals surface area contributed by atoms with E-state index in [0.717, 1.165) is 0 Å². The number of carbonyl (C=O) groups is 1. The van der Waals surface area contributed by atoms with Gasteiger partial charge in [0.15, 0.2) is 41.7 Å². The van der Waals surface area contributed by atoms with E-state index in [4.69, 9.17) is 52.1 Å². The van der Waals surface area contributed by atoms with Crippen LogP contribution in [0.3, 0.4) is 0 Å². The second-order valence-corrected chi connectivity index (χ2v) is 13.7. The lowest BCUT2D eigenvalue weighted by Gasteiger charge is -2.40. The summed E-state index contributed by atoms with van der Waals surface area (Å²) < 4.78 is 63.1. The molecule has 0 bridgehead atoms. The second-order valence-electron chi connectivity index (χ2n) is 13.7. The second kappa shape index (κ2) is 14.8. The largest absolute Gasteiger partial charge is 0.493 e. The molecule has 3 aromatic carbocycles. The Balaban J connectivity index is 1.21. The topological polar surface area (TPSA) is 260 Å². The van der Waals surface area contributed by atoms with Crippen molar-refractivity contribution in [3.8, 4) is 39.9 Å². The van der Waals surface area contributed by atoms with Crippen molar-refractivity contribution in [1.29, 1.82) is 0 Å². The minimum atomic E-state index is -2.16. The average molecular weight is 777 g/mol. The summed E-state index contributed by atoms with van der Waals surface area (Å²) in [6.45, 7) is -2.21. The molecular weight excluding hydrogens is 736 g/mol. The Hall–Kier alpha value is -4.09. The Morgan fingerprint density at radius 3 is 2.11 bits per heavy atom. The van der Waals surface area contributed by atoms with Crippen molar-refractivity contribution in [3.05, 3.63) is 41.5 Å². The lowest BCUT2D eigenvalue weighted by molar-refractivity contribution is -0.315. The first-order valence-electron chi connectivity index (χ1n) is 17.3. The zero-order chi connectivity index (χ0) is 38.8. The number of carbonyl (C=O) groups excluding carboxylic acids is 1. The van der Waals surface area contributed by atoms with Gasteiger partial charge in [-0.05, 0) is 35.2 Å². The molecule has 3 aromatic rings. The fraction of sp³-hybridized carbons (Fsp3) is 0.528. The first-order chi connectivity index (χ1) is 26.4. The number of aliphatic hydroxyl groups is 7. The van der Waals surface area contributed by atoms with Crippen molar-refractivity contribution in [1.82, 2.24) is 0 Å². The average Bonchev–Trinajstić information content (AvgIpc) is 3.90. The summed E-state index contributed by atoms with van der Waals surface area (Å²) >= 11 is 0. The van der Waals surface area contributed by atoms with Crippen LogP contribution in [0.5, 0.6) is 28.7 Å². The number of aliphatic hydroxyl groups excluding tert-OH is 6. The molecule has 55 heavy (non-hydrogen) atoms. The number of rotatable bonds is 10. The van der Waals surface area contributed by atoms with E-state index in [9.17, 15) is 40.5 Å². The van der Waals surface area contributed by atoms with Crippen LogP contribution in [0.1, 0.15) is 15.9 Å². The van der Waals surface area contributed by atoms with Crippen LogP contribution in [0.4, 0.5) is 0 Å². The minimum absolute atomic E-state index is 0.0291. The van der Waals surface area contributed by atoms with E-state index in [0.29, 0.717) is 50.5 Å². The van der Waals surface area contributed by atoms with Crippen molar-refractivity contribution < 1.29 is 92.6 Å². The summed E-state index contributed by atoms with van der Waals surface area (Å²) in [5.74, 6) is 1.05. The summed E-state index contributed by atoms with van der Waals surface area (Å²) in [6.07, 6.45) is -15.8. The van der Waals surface area contributed by atoms with Crippen LogP contribution in [0.15, 0.2) is 30.3 Å². The maximum Gasteiger partial charge on any atom is 0.339 e. The van der Waals surface area contributed by atoms with E-state index < -0.39 is 93.0 Å². The van der Waals surface area contributed by atoms with Crippen molar-refractivity contribution in [2.45, 2.75) is 73.8 Å². The van der Waals surface area contributed by atoms with Crippen LogP contribution in [-0.4, -0.2) is 156 Å². The Morgan fingerprint density at radius 2 is 1.40 bits per heavy atom. The fourth-order valence-electron chi connectivity index (χ4n) is 7.27. The molecule has 0 unspecified atom stereocenters. The van der Waals surface area contributed by atoms with Crippen molar-refractivity contribution >= 4 is 16.7 Å². The highest BCUT2D eigenvalue weighted by Gasteiger charge is 2.56. The van der Waals surface area contributed by atoms with Gasteiger partial charge in [0, 0.05) is 16.5 Å². The van der Waals surface area contributed by atoms with E-state index in [1.807, 2.05) is 0 Å². The van der Waals surface area contributed by atoms with E-state index >= 15 is 0 Å². The molecule has 7 N–H and O–H groups in total. The number of benzene rings is 3. The quantitative estimate of drug-likeness (QED) is 0.118. The van der Waals surface area contributed by atoms with Gasteiger partial charge in [0.2, 0.25) is 13.1 Å². The highest BCUT2D eigenvalue weighted by atomic mass is 16.8. The molecule has 0 aromatic heterocycles. The van der Waals surface area contributed by atoms with Crippen LogP contribution < -0.4 is 23.7 Å². The smallest absolute Gasteiger partial charge is 0.339 e. The number of methoxy groups -OCH3 is 2. The predicted octanol–water partition coefficient (Wildman–Crippen LogP) is -1.33. The van der Waals surface area contributed by atoms with Gasteiger partial charge in [0.05, 0.1) is 46.2 Å². The molecule has 0 saturated carbocycles. The molecule has 0 spiro atoms. The molecule has 0 amide bonds. The first-order valence-corrected chi connectivity index (χ1v) is 17.3. The van der Waals surface area contributed by atoms with Gasteiger partial charge in [0.1, 0.15) is 54.6 Å². The van der Waals surface area contributed by atoms with Crippen molar-refractivity contribution in [2.75, 3.05) is 47.4 Å². The van der Waals surface area contributed by atoms with Crippen LogP contribution in [0, 0.1) is 0 Å². The number of ether oxygens (including phenoxy) is 11. The molecule has 5 aliphatic heterocycles. The number of fused-ring (bicyclic) bond motifs is 3. The van der Waals surface area contributed by atoms with E-state index in [1.54, 1.807) is 30.3 Å². The maximum atomic E-state index is 13.6. The Morgan fingerprint density at radius 1 is 0.745 bits per heavy atom. The van der Waals surface area contributed by atoms with Crippen molar-refractivity contribution in [3.63, 3.8) is 0 Å². The molecule has 19 nitrogen and oxygen atoms in total. The van der Waals surface area contributed by atoms with Crippen molar-refractivity contribution in [2.24, 2.45) is 0 Å². The molecule has 5 aliphatic rings. The predicted molar refractivity (Wildman–Crippen MR) is 179 cm³/mol. The van der Waals surface area contributed by atoms with E-state index in [1.165, 1.54) is 14.2 Å². The third-order valence-electron chi connectivity index (χ3n) is 10.3. The van der Waals surface area contributed by atoms with Gasteiger partial charge in [-0.2, -0.15) is 0 Å². The lowest BCUT2D eigenvalue weighted by atomic mass is 9.89. The highest BCUT2D eigenvalue weighted by molar-refractivity contribution is 6.14. The molecule has 5 heterocycles. The Bertz CT molecular complexity index is 1940. The van der Waals surface area contributed by atoms with Gasteiger partial charge in [-0.1, -0.05) is 6.07 Å². The molecule has 0 radical (unpaired) electrons. The van der Waals surface area contributed by atoms with Gasteiger partial charge in [-0.15, -0.1) is 0 Å². The summed E-state index contributed by atoms with van der Waals surface area (Å²) in [4.78, 5) is 13.6. The molecule has 3 saturated heterocycles. The molecule has 0 aliphatic carbocycles. The Kier molecular flexibility index (Phi) is 10.2.